The lowest BCUT2D eigenvalue weighted by atomic mass is 10.1. The second-order valence-electron chi connectivity index (χ2n) is 3.82. The van der Waals surface area contributed by atoms with Crippen LogP contribution >= 0.6 is 63.7 Å². The van der Waals surface area contributed by atoms with Crippen molar-refractivity contribution < 1.29 is 19.3 Å². The Hall–Kier alpha value is -1.38. The van der Waals surface area contributed by atoms with Crippen LogP contribution in [0.2, 0.25) is 0 Å². The lowest BCUT2D eigenvalue weighted by Crippen LogP contribution is -2.35. The number of hydrogen-bond acceptors (Lipinski definition) is 6. The van der Waals surface area contributed by atoms with Crippen LogP contribution in [-0.4, -0.2) is 23.9 Å². The minimum Gasteiger partial charge on any atom is -0.368 e. The summed E-state index contributed by atoms with van der Waals surface area (Å²) in [4.78, 5) is 33.7. The molecule has 1 aromatic rings. The maximum Gasteiger partial charge on any atom is 0.365 e. The Balaban J connectivity index is 3.43. The molecule has 0 aliphatic rings. The molecule has 0 spiro atoms. The van der Waals surface area contributed by atoms with E-state index >= 15 is 0 Å². The molecular weight excluding hydrogens is 588 g/mol. The number of halogens is 4. The van der Waals surface area contributed by atoms with Gasteiger partial charge in [-0.05, 0) is 63.7 Å². The van der Waals surface area contributed by atoms with Gasteiger partial charge in [0.1, 0.15) is 0 Å². The Kier molecular flexibility index (Phi) is 7.44. The molecule has 24 heavy (non-hydrogen) atoms. The molecule has 1 aromatic carbocycles. The third-order valence-electron chi connectivity index (χ3n) is 2.18. The van der Waals surface area contributed by atoms with E-state index in [0.29, 0.717) is 8.95 Å². The fraction of sp³-hybridized carbons (Fsp3) is 0. The third kappa shape index (κ3) is 4.81. The molecule has 0 aliphatic carbocycles. The van der Waals surface area contributed by atoms with Crippen LogP contribution in [0, 0.1) is 10.8 Å². The minimum absolute atomic E-state index is 0.169. The fourth-order valence-electron chi connectivity index (χ4n) is 1.32. The summed E-state index contributed by atoms with van der Waals surface area (Å²) in [7, 11) is 0. The Bertz CT molecular complexity index is 680. The highest BCUT2D eigenvalue weighted by atomic mass is 79.9. The van der Waals surface area contributed by atoms with Gasteiger partial charge in [0.05, 0.1) is 11.1 Å². The highest BCUT2D eigenvalue weighted by Gasteiger charge is 2.30. The van der Waals surface area contributed by atoms with Crippen LogP contribution in [0.15, 0.2) is 17.9 Å². The van der Waals surface area contributed by atoms with Crippen molar-refractivity contribution in [2.75, 3.05) is 0 Å². The van der Waals surface area contributed by atoms with E-state index in [1.165, 1.54) is 0 Å². The molecule has 8 N–H and O–H groups in total. The summed E-state index contributed by atoms with van der Waals surface area (Å²) in [5.41, 5.74) is 13.3. The van der Waals surface area contributed by atoms with Crippen LogP contribution in [-0.2, 0) is 9.68 Å². The molecule has 10 nitrogen and oxygen atoms in total. The van der Waals surface area contributed by atoms with Crippen molar-refractivity contribution in [3.63, 3.8) is 0 Å². The van der Waals surface area contributed by atoms with Crippen molar-refractivity contribution in [3.05, 3.63) is 29.0 Å². The van der Waals surface area contributed by atoms with Gasteiger partial charge in [0, 0.05) is 17.9 Å². The normalized spacial score (nSPS) is 9.83. The minimum atomic E-state index is -1.03. The molecule has 14 heteroatoms. The van der Waals surface area contributed by atoms with Gasteiger partial charge in [-0.2, -0.15) is 11.0 Å². The second-order valence-corrected chi connectivity index (χ2v) is 6.99. The van der Waals surface area contributed by atoms with Crippen molar-refractivity contribution >= 4 is 87.6 Å². The summed E-state index contributed by atoms with van der Waals surface area (Å²) < 4.78 is 1.14. The summed E-state index contributed by atoms with van der Waals surface area (Å²) in [6.45, 7) is 0. The van der Waals surface area contributed by atoms with Crippen LogP contribution in [0.1, 0.15) is 20.7 Å². The van der Waals surface area contributed by atoms with E-state index in [4.69, 9.17) is 22.3 Å². The number of guanidine groups is 2. The summed E-state index contributed by atoms with van der Waals surface area (Å²) >= 11 is 12.8. The fourth-order valence-corrected chi connectivity index (χ4v) is 3.76. The van der Waals surface area contributed by atoms with Gasteiger partial charge in [0.15, 0.2) is 0 Å². The number of nitrogens with one attached hydrogen (secondary N) is 4. The summed E-state index contributed by atoms with van der Waals surface area (Å²) in [6, 6.07) is 0. The van der Waals surface area contributed by atoms with E-state index in [9.17, 15) is 9.59 Å². The molecule has 0 radical (unpaired) electrons. The summed E-state index contributed by atoms with van der Waals surface area (Å²) in [5.74, 6) is -3.28. The SMILES string of the molecule is N=C(N)NOC(=O)c1c(Br)c(Br)c(Br)c(Br)c1C(=O)ONC(=N)N. The van der Waals surface area contributed by atoms with E-state index in [2.05, 4.69) is 73.4 Å². The van der Waals surface area contributed by atoms with E-state index in [-0.39, 0.29) is 20.1 Å². The Morgan fingerprint density at radius 2 is 1.04 bits per heavy atom. The van der Waals surface area contributed by atoms with Crippen LogP contribution in [0.3, 0.4) is 0 Å². The van der Waals surface area contributed by atoms with Crippen LogP contribution in [0.25, 0.3) is 0 Å². The van der Waals surface area contributed by atoms with Crippen molar-refractivity contribution in [1.82, 2.24) is 11.0 Å². The number of carbonyl (C=O) groups is 2. The zero-order valence-corrected chi connectivity index (χ0v) is 17.6. The molecule has 0 atom stereocenters. The van der Waals surface area contributed by atoms with Crippen molar-refractivity contribution in [1.29, 1.82) is 10.8 Å². The Labute approximate surface area is 168 Å². The number of nitrogens with two attached hydrogens (primary N) is 2. The van der Waals surface area contributed by atoms with Crippen LogP contribution < -0.4 is 22.4 Å². The molecule has 130 valence electrons. The van der Waals surface area contributed by atoms with Gasteiger partial charge < -0.3 is 21.1 Å². The number of hydroxylamine groups is 2. The molecule has 0 saturated carbocycles. The predicted molar refractivity (Wildman–Crippen MR) is 98.2 cm³/mol. The highest BCUT2D eigenvalue weighted by Crippen LogP contribution is 2.42. The lowest BCUT2D eigenvalue weighted by Gasteiger charge is -2.15. The number of rotatable bonds is 2. The van der Waals surface area contributed by atoms with Gasteiger partial charge in [0.2, 0.25) is 11.9 Å². The summed E-state index contributed by atoms with van der Waals surface area (Å²) in [5, 5.41) is 14.0. The topological polar surface area (TPSA) is 176 Å². The highest BCUT2D eigenvalue weighted by molar-refractivity contribution is 9.15. The van der Waals surface area contributed by atoms with E-state index in [1.807, 2.05) is 11.0 Å². The lowest BCUT2D eigenvalue weighted by molar-refractivity contribution is 0.0333. The Morgan fingerprint density at radius 1 is 0.750 bits per heavy atom. The molecule has 0 unspecified atom stereocenters. The number of hydrogen-bond donors (Lipinski definition) is 6. The van der Waals surface area contributed by atoms with Crippen LogP contribution in [0.4, 0.5) is 0 Å². The molecule has 0 amide bonds. The van der Waals surface area contributed by atoms with E-state index < -0.39 is 23.9 Å². The molecule has 0 bridgehead atoms. The number of benzene rings is 1. The van der Waals surface area contributed by atoms with Gasteiger partial charge in [0.25, 0.3) is 0 Å². The maximum absolute atomic E-state index is 12.2. The van der Waals surface area contributed by atoms with Gasteiger partial charge in [-0.25, -0.2) is 9.59 Å². The first-order chi connectivity index (χ1) is 11.1. The molecule has 0 heterocycles. The molecule has 0 aromatic heterocycles. The first-order valence-corrected chi connectivity index (χ1v) is 8.73. The monoisotopic (exact) mass is 592 g/mol. The van der Waals surface area contributed by atoms with Gasteiger partial charge in [-0.15, -0.1) is 0 Å². The van der Waals surface area contributed by atoms with Crippen molar-refractivity contribution in [2.45, 2.75) is 0 Å². The average molecular weight is 596 g/mol. The maximum atomic E-state index is 12.2. The van der Waals surface area contributed by atoms with Crippen LogP contribution in [0.5, 0.6) is 0 Å². The molecular formula is C10H8Br4N6O4. The quantitative estimate of drug-likeness (QED) is 0.0987. The smallest absolute Gasteiger partial charge is 0.365 e. The molecule has 0 saturated heterocycles. The Morgan fingerprint density at radius 3 is 1.29 bits per heavy atom. The van der Waals surface area contributed by atoms with Gasteiger partial charge >= 0.3 is 11.9 Å². The van der Waals surface area contributed by atoms with Gasteiger partial charge in [-0.3, -0.25) is 10.8 Å². The standard InChI is InChI=1S/C10H8Br4N6O4/c11-3-1(7(21)23-19-9(15)16)2(4(12)6(14)5(3)13)8(22)24-20-10(17)18/h(H4,15,16,19)(H4,17,18,20). The third-order valence-corrected chi connectivity index (χ3v) is 6.95. The van der Waals surface area contributed by atoms with Crippen molar-refractivity contribution in [3.8, 4) is 0 Å². The molecule has 1 rings (SSSR count). The van der Waals surface area contributed by atoms with E-state index in [1.54, 1.807) is 0 Å². The molecule has 0 fully saturated rings. The van der Waals surface area contributed by atoms with E-state index in [0.717, 1.165) is 0 Å². The average Bonchev–Trinajstić information content (AvgIpc) is 2.51. The second kappa shape index (κ2) is 8.64. The zero-order valence-electron chi connectivity index (χ0n) is 11.3. The number of carbonyl (C=O) groups excluding carboxylic acids is 2. The van der Waals surface area contributed by atoms with Crippen molar-refractivity contribution in [2.24, 2.45) is 11.5 Å². The van der Waals surface area contributed by atoms with Gasteiger partial charge in [-0.1, -0.05) is 0 Å². The first kappa shape index (κ1) is 20.7. The predicted octanol–water partition coefficient (Wildman–Crippen LogP) is 1.85. The zero-order chi connectivity index (χ0) is 18.6. The largest absolute Gasteiger partial charge is 0.368 e. The first-order valence-electron chi connectivity index (χ1n) is 5.56. The summed E-state index contributed by atoms with van der Waals surface area (Å²) in [6.07, 6.45) is 0. The molecule has 0 aliphatic heterocycles.